The normalized spacial score (nSPS) is 24.9. The van der Waals surface area contributed by atoms with Gasteiger partial charge in [-0.1, -0.05) is 0 Å². The summed E-state index contributed by atoms with van der Waals surface area (Å²) in [5.74, 6) is 1.21. The van der Waals surface area contributed by atoms with E-state index in [1.807, 2.05) is 0 Å². The van der Waals surface area contributed by atoms with Crippen LogP contribution in [0, 0.1) is 0 Å². The van der Waals surface area contributed by atoms with Crippen LogP contribution < -0.4 is 9.80 Å². The highest BCUT2D eigenvalue weighted by atomic mass is 16.7. The molecule has 0 saturated carbocycles. The van der Waals surface area contributed by atoms with Crippen molar-refractivity contribution >= 4 is 11.8 Å². The number of rotatable bonds is 2. The molecule has 120 valence electrons. The third kappa shape index (κ3) is 2.73. The Morgan fingerprint density at radius 2 is 1.64 bits per heavy atom. The molecule has 0 N–H and O–H groups in total. The van der Waals surface area contributed by atoms with Gasteiger partial charge in [0.2, 0.25) is 5.95 Å². The predicted molar refractivity (Wildman–Crippen MR) is 78.9 cm³/mol. The maximum Gasteiger partial charge on any atom is 0.247 e. The molecular formula is C14H21N5O3. The number of ether oxygens (including phenoxy) is 3. The van der Waals surface area contributed by atoms with Crippen molar-refractivity contribution in [3.05, 3.63) is 6.20 Å². The Kier molecular flexibility index (Phi) is 3.81. The largest absolute Gasteiger partial charge is 0.378 e. The van der Waals surface area contributed by atoms with E-state index in [-0.39, 0.29) is 5.79 Å². The number of piperidine rings is 1. The highest BCUT2D eigenvalue weighted by Crippen LogP contribution is 2.32. The van der Waals surface area contributed by atoms with E-state index in [1.165, 1.54) is 0 Å². The lowest BCUT2D eigenvalue weighted by Crippen LogP contribution is -2.45. The molecule has 3 saturated heterocycles. The summed E-state index contributed by atoms with van der Waals surface area (Å²) in [6, 6.07) is 0. The average molecular weight is 307 g/mol. The average Bonchev–Trinajstić information content (AvgIpc) is 3.05. The Balaban J connectivity index is 1.44. The first-order valence-electron chi connectivity index (χ1n) is 7.90. The molecule has 4 rings (SSSR count). The van der Waals surface area contributed by atoms with Crippen LogP contribution in [0.3, 0.4) is 0 Å². The van der Waals surface area contributed by atoms with E-state index in [0.717, 1.165) is 44.8 Å². The molecule has 3 fully saturated rings. The Morgan fingerprint density at radius 1 is 0.909 bits per heavy atom. The van der Waals surface area contributed by atoms with Gasteiger partial charge in [0.05, 0.1) is 32.6 Å². The molecule has 1 spiro atoms. The summed E-state index contributed by atoms with van der Waals surface area (Å²) < 4.78 is 16.9. The Bertz CT molecular complexity index is 507. The van der Waals surface area contributed by atoms with Gasteiger partial charge >= 0.3 is 0 Å². The quantitative estimate of drug-likeness (QED) is 0.759. The Morgan fingerprint density at radius 3 is 2.36 bits per heavy atom. The van der Waals surface area contributed by atoms with Gasteiger partial charge in [-0.3, -0.25) is 0 Å². The van der Waals surface area contributed by atoms with E-state index in [0.29, 0.717) is 32.4 Å². The first-order valence-corrected chi connectivity index (χ1v) is 7.90. The molecule has 4 heterocycles. The number of hydrogen-bond acceptors (Lipinski definition) is 8. The zero-order valence-electron chi connectivity index (χ0n) is 12.6. The molecule has 3 aliphatic rings. The fraction of sp³-hybridized carbons (Fsp3) is 0.786. The molecule has 0 bridgehead atoms. The van der Waals surface area contributed by atoms with Gasteiger partial charge in [0.15, 0.2) is 11.6 Å². The molecule has 0 radical (unpaired) electrons. The lowest BCUT2D eigenvalue weighted by molar-refractivity contribution is -0.169. The van der Waals surface area contributed by atoms with Gasteiger partial charge < -0.3 is 24.0 Å². The standard InChI is InChI=1S/C14H21N5O3/c1-3-18(4-2-14(1)21-9-10-22-14)12-11-15-17-13(16-12)19-5-7-20-8-6-19/h11H,1-10H2. The summed E-state index contributed by atoms with van der Waals surface area (Å²) in [5.41, 5.74) is 0. The van der Waals surface area contributed by atoms with Crippen molar-refractivity contribution in [3.63, 3.8) is 0 Å². The van der Waals surface area contributed by atoms with Crippen LogP contribution in [-0.2, 0) is 14.2 Å². The molecule has 3 aliphatic heterocycles. The molecule has 0 unspecified atom stereocenters. The van der Waals surface area contributed by atoms with Crippen LogP contribution in [0.15, 0.2) is 6.20 Å². The maximum atomic E-state index is 5.77. The van der Waals surface area contributed by atoms with E-state index in [4.69, 9.17) is 14.2 Å². The number of aromatic nitrogens is 3. The summed E-state index contributed by atoms with van der Waals surface area (Å²) in [7, 11) is 0. The van der Waals surface area contributed by atoms with E-state index in [9.17, 15) is 0 Å². The zero-order chi connectivity index (χ0) is 14.8. The van der Waals surface area contributed by atoms with Crippen molar-refractivity contribution in [3.8, 4) is 0 Å². The topological polar surface area (TPSA) is 72.8 Å². The summed E-state index contributed by atoms with van der Waals surface area (Å²) in [6.07, 6.45) is 3.46. The molecule has 0 amide bonds. The second-order valence-electron chi connectivity index (χ2n) is 5.81. The monoisotopic (exact) mass is 307 g/mol. The van der Waals surface area contributed by atoms with Crippen molar-refractivity contribution < 1.29 is 14.2 Å². The highest BCUT2D eigenvalue weighted by molar-refractivity contribution is 5.42. The molecule has 1 aromatic heterocycles. The minimum atomic E-state index is -0.357. The molecular weight excluding hydrogens is 286 g/mol. The van der Waals surface area contributed by atoms with Gasteiger partial charge in [0.1, 0.15) is 0 Å². The maximum absolute atomic E-state index is 5.77. The fourth-order valence-corrected chi connectivity index (χ4v) is 3.20. The minimum Gasteiger partial charge on any atom is -0.378 e. The predicted octanol–water partition coefficient (Wildman–Crippen LogP) is 0.0515. The fourth-order valence-electron chi connectivity index (χ4n) is 3.20. The van der Waals surface area contributed by atoms with E-state index < -0.39 is 0 Å². The third-order valence-electron chi connectivity index (χ3n) is 4.49. The van der Waals surface area contributed by atoms with Crippen molar-refractivity contribution in [2.45, 2.75) is 18.6 Å². The highest BCUT2D eigenvalue weighted by Gasteiger charge is 2.40. The second kappa shape index (κ2) is 5.94. The SMILES string of the molecule is c1nnc(N2CCOCC2)nc1N1CCC2(CC1)OCCO2. The summed E-state index contributed by atoms with van der Waals surface area (Å²) >= 11 is 0. The Hall–Kier alpha value is -1.51. The van der Waals surface area contributed by atoms with Crippen molar-refractivity contribution in [1.82, 2.24) is 15.2 Å². The van der Waals surface area contributed by atoms with Gasteiger partial charge in [-0.05, 0) is 0 Å². The Labute approximate surface area is 129 Å². The first kappa shape index (κ1) is 14.1. The van der Waals surface area contributed by atoms with Crippen molar-refractivity contribution in [2.24, 2.45) is 0 Å². The molecule has 0 aliphatic carbocycles. The lowest BCUT2D eigenvalue weighted by atomic mass is 10.0. The van der Waals surface area contributed by atoms with Crippen molar-refractivity contribution in [2.75, 3.05) is 62.4 Å². The molecule has 8 nitrogen and oxygen atoms in total. The summed E-state index contributed by atoms with van der Waals surface area (Å²) in [6.45, 7) is 6.20. The second-order valence-corrected chi connectivity index (χ2v) is 5.81. The van der Waals surface area contributed by atoms with Gasteiger partial charge in [0, 0.05) is 39.0 Å². The molecule has 0 aromatic carbocycles. The first-order chi connectivity index (χ1) is 10.8. The number of morpholine rings is 1. The summed E-state index contributed by atoms with van der Waals surface area (Å²) in [4.78, 5) is 9.03. The van der Waals surface area contributed by atoms with Crippen LogP contribution >= 0.6 is 0 Å². The van der Waals surface area contributed by atoms with Crippen LogP contribution in [-0.4, -0.2) is 73.6 Å². The van der Waals surface area contributed by atoms with Crippen LogP contribution in [0.4, 0.5) is 11.8 Å². The number of hydrogen-bond donors (Lipinski definition) is 0. The third-order valence-corrected chi connectivity index (χ3v) is 4.49. The zero-order valence-corrected chi connectivity index (χ0v) is 12.6. The molecule has 8 heteroatoms. The van der Waals surface area contributed by atoms with E-state index in [2.05, 4.69) is 25.0 Å². The van der Waals surface area contributed by atoms with E-state index in [1.54, 1.807) is 6.20 Å². The van der Waals surface area contributed by atoms with Gasteiger partial charge in [-0.15, -0.1) is 5.10 Å². The minimum absolute atomic E-state index is 0.357. The van der Waals surface area contributed by atoms with Crippen LogP contribution in [0.2, 0.25) is 0 Å². The number of anilines is 2. The smallest absolute Gasteiger partial charge is 0.247 e. The van der Waals surface area contributed by atoms with Crippen LogP contribution in [0.5, 0.6) is 0 Å². The summed E-state index contributed by atoms with van der Waals surface area (Å²) in [5, 5.41) is 8.29. The number of nitrogens with zero attached hydrogens (tertiary/aromatic N) is 5. The van der Waals surface area contributed by atoms with Crippen LogP contribution in [0.1, 0.15) is 12.8 Å². The molecule has 0 atom stereocenters. The van der Waals surface area contributed by atoms with Crippen LogP contribution in [0.25, 0.3) is 0 Å². The van der Waals surface area contributed by atoms with Crippen molar-refractivity contribution in [1.29, 1.82) is 0 Å². The van der Waals surface area contributed by atoms with E-state index >= 15 is 0 Å². The molecule has 1 aromatic rings. The molecule has 22 heavy (non-hydrogen) atoms. The van der Waals surface area contributed by atoms with Gasteiger partial charge in [0.25, 0.3) is 0 Å². The van der Waals surface area contributed by atoms with Gasteiger partial charge in [-0.25, -0.2) is 0 Å². The van der Waals surface area contributed by atoms with Gasteiger partial charge in [-0.2, -0.15) is 10.1 Å². The lowest BCUT2D eigenvalue weighted by Gasteiger charge is -2.38.